The number of amides is 2. The first-order valence-electron chi connectivity index (χ1n) is 11.5. The molecule has 34 heavy (non-hydrogen) atoms. The Bertz CT molecular complexity index is 1100. The van der Waals surface area contributed by atoms with Gasteiger partial charge < -0.3 is 19.0 Å². The van der Waals surface area contributed by atoms with E-state index in [-0.39, 0.29) is 36.1 Å². The Labute approximate surface area is 209 Å². The van der Waals surface area contributed by atoms with Gasteiger partial charge in [0, 0.05) is 23.0 Å². The molecule has 2 aromatic heterocycles. The van der Waals surface area contributed by atoms with Crippen LogP contribution in [-0.4, -0.2) is 47.9 Å². The van der Waals surface area contributed by atoms with E-state index in [0.29, 0.717) is 30.5 Å². The summed E-state index contributed by atoms with van der Waals surface area (Å²) in [6, 6.07) is 12.4. The van der Waals surface area contributed by atoms with Crippen LogP contribution in [0.25, 0.3) is 0 Å². The number of benzene rings is 1. The van der Waals surface area contributed by atoms with Crippen LogP contribution in [0, 0.1) is 5.92 Å². The van der Waals surface area contributed by atoms with Gasteiger partial charge in [-0.15, -0.1) is 11.3 Å². The molecule has 0 saturated heterocycles. The minimum absolute atomic E-state index is 0.000782. The molecule has 0 radical (unpaired) electrons. The van der Waals surface area contributed by atoms with Crippen LogP contribution in [0.1, 0.15) is 47.3 Å². The van der Waals surface area contributed by atoms with Crippen LogP contribution in [0.4, 0.5) is 0 Å². The number of carbonyl (C=O) groups excluding carboxylic acids is 2. The maximum absolute atomic E-state index is 13.6. The van der Waals surface area contributed by atoms with Crippen molar-refractivity contribution in [3.05, 3.63) is 75.3 Å². The van der Waals surface area contributed by atoms with Crippen LogP contribution in [-0.2, 0) is 11.2 Å². The zero-order valence-electron chi connectivity index (χ0n) is 19.4. The molecule has 6 nitrogen and oxygen atoms in total. The van der Waals surface area contributed by atoms with Gasteiger partial charge in [-0.25, -0.2) is 0 Å². The van der Waals surface area contributed by atoms with E-state index >= 15 is 0 Å². The van der Waals surface area contributed by atoms with Crippen LogP contribution < -0.4 is 4.74 Å². The molecule has 4 rings (SSSR count). The van der Waals surface area contributed by atoms with Crippen LogP contribution in [0.2, 0.25) is 5.02 Å². The van der Waals surface area contributed by atoms with Gasteiger partial charge in [0.05, 0.1) is 12.3 Å². The van der Waals surface area contributed by atoms with Gasteiger partial charge in [0.1, 0.15) is 18.9 Å². The number of nitrogens with zero attached hydrogens (tertiary/aromatic N) is 2. The predicted molar refractivity (Wildman–Crippen MR) is 133 cm³/mol. The molecular formula is C26H29ClN2O4S. The molecule has 0 spiro atoms. The number of fused-ring (bicyclic) bond motifs is 1. The minimum Gasteiger partial charge on any atom is -0.491 e. The highest BCUT2D eigenvalue weighted by Crippen LogP contribution is 2.34. The molecule has 1 aromatic carbocycles. The Morgan fingerprint density at radius 3 is 2.76 bits per heavy atom. The fraction of sp³-hybridized carbons (Fsp3) is 0.385. The summed E-state index contributed by atoms with van der Waals surface area (Å²) in [4.78, 5) is 31.4. The third-order valence-electron chi connectivity index (χ3n) is 6.21. The predicted octanol–water partition coefficient (Wildman–Crippen LogP) is 5.69. The molecule has 3 aromatic rings. The van der Waals surface area contributed by atoms with E-state index in [1.165, 1.54) is 11.1 Å². The van der Waals surface area contributed by atoms with E-state index in [1.54, 1.807) is 40.5 Å². The quantitative estimate of drug-likeness (QED) is 0.378. The Balaban J connectivity index is 1.52. The summed E-state index contributed by atoms with van der Waals surface area (Å²) in [5, 5.41) is 2.70. The number of hydrogen-bond acceptors (Lipinski definition) is 5. The van der Waals surface area contributed by atoms with Gasteiger partial charge in [0.15, 0.2) is 5.76 Å². The number of hydrogen-bond donors (Lipinski definition) is 0. The third kappa shape index (κ3) is 5.65. The lowest BCUT2D eigenvalue weighted by atomic mass is 10.00. The topological polar surface area (TPSA) is 63.0 Å². The average Bonchev–Trinajstić information content (AvgIpc) is 3.54. The fourth-order valence-corrected chi connectivity index (χ4v) is 5.17. The summed E-state index contributed by atoms with van der Waals surface area (Å²) in [7, 11) is 0. The van der Waals surface area contributed by atoms with Gasteiger partial charge in [0.25, 0.3) is 5.91 Å². The van der Waals surface area contributed by atoms with Crippen LogP contribution in [0.3, 0.4) is 0 Å². The number of thiophene rings is 1. The van der Waals surface area contributed by atoms with Crippen LogP contribution in [0.15, 0.2) is 58.5 Å². The zero-order chi connectivity index (χ0) is 24.1. The molecule has 0 fully saturated rings. The molecule has 8 heteroatoms. The summed E-state index contributed by atoms with van der Waals surface area (Å²) < 4.78 is 11.4. The second kappa shape index (κ2) is 11.1. The smallest absolute Gasteiger partial charge is 0.290 e. The average molecular weight is 501 g/mol. The first-order valence-corrected chi connectivity index (χ1v) is 12.8. The number of ether oxygens (including phenoxy) is 1. The molecule has 1 aliphatic rings. The van der Waals surface area contributed by atoms with Gasteiger partial charge in [-0.2, -0.15) is 0 Å². The van der Waals surface area contributed by atoms with Crippen LogP contribution in [0.5, 0.6) is 5.75 Å². The molecule has 0 saturated carbocycles. The van der Waals surface area contributed by atoms with Crippen molar-refractivity contribution >= 4 is 34.8 Å². The molecule has 0 N–H and O–H groups in total. The van der Waals surface area contributed by atoms with E-state index < -0.39 is 0 Å². The van der Waals surface area contributed by atoms with E-state index in [4.69, 9.17) is 20.8 Å². The van der Waals surface area contributed by atoms with Gasteiger partial charge in [-0.3, -0.25) is 9.59 Å². The molecule has 0 unspecified atom stereocenters. The van der Waals surface area contributed by atoms with Crippen LogP contribution >= 0.6 is 22.9 Å². The van der Waals surface area contributed by atoms with Gasteiger partial charge in [0.2, 0.25) is 5.91 Å². The minimum atomic E-state index is -0.263. The highest BCUT2D eigenvalue weighted by Gasteiger charge is 2.34. The number of carbonyl (C=O) groups is 2. The van der Waals surface area contributed by atoms with Crippen molar-refractivity contribution in [1.82, 2.24) is 9.80 Å². The largest absolute Gasteiger partial charge is 0.491 e. The second-order valence-electron chi connectivity index (χ2n) is 8.59. The lowest BCUT2D eigenvalue weighted by Gasteiger charge is -2.37. The maximum Gasteiger partial charge on any atom is 0.290 e. The highest BCUT2D eigenvalue weighted by molar-refractivity contribution is 7.10. The Morgan fingerprint density at radius 1 is 1.26 bits per heavy atom. The molecule has 2 amide bonds. The Hall–Kier alpha value is -2.77. The highest BCUT2D eigenvalue weighted by atomic mass is 35.5. The number of furan rings is 1. The Morgan fingerprint density at radius 2 is 2.06 bits per heavy atom. The van der Waals surface area contributed by atoms with E-state index in [0.717, 1.165) is 18.4 Å². The second-order valence-corrected chi connectivity index (χ2v) is 10.0. The van der Waals surface area contributed by atoms with Crippen molar-refractivity contribution in [2.75, 3.05) is 26.2 Å². The summed E-state index contributed by atoms with van der Waals surface area (Å²) in [6.07, 6.45) is 3.19. The van der Waals surface area contributed by atoms with E-state index in [2.05, 4.69) is 25.3 Å². The van der Waals surface area contributed by atoms with E-state index in [1.807, 2.05) is 17.0 Å². The van der Waals surface area contributed by atoms with Gasteiger partial charge in [-0.05, 0) is 65.7 Å². The van der Waals surface area contributed by atoms with Gasteiger partial charge >= 0.3 is 0 Å². The monoisotopic (exact) mass is 500 g/mol. The van der Waals surface area contributed by atoms with Crippen molar-refractivity contribution in [1.29, 1.82) is 0 Å². The maximum atomic E-state index is 13.6. The standard InChI is InChI=1S/C26H29ClN2O4S/c1-3-18(2)15-28(26(31)23-5-4-13-32-23)16-25(30)29-12-10-24-21(11-14-34-24)22(29)17-33-20-8-6-19(27)7-9-20/h4-9,11,13-14,18,22H,3,10,12,15-17H2,1-2H3/t18-,22-/m0/s1. The van der Waals surface area contributed by atoms with Crippen molar-refractivity contribution < 1.29 is 18.7 Å². The SMILES string of the molecule is CC[C@H](C)CN(CC(=O)N1CCc2sccc2[C@@H]1COc1ccc(Cl)cc1)C(=O)c1ccco1. The molecule has 2 atom stereocenters. The first kappa shape index (κ1) is 24.4. The van der Waals surface area contributed by atoms with Gasteiger partial charge in [-0.1, -0.05) is 31.9 Å². The van der Waals surface area contributed by atoms with Crippen molar-refractivity contribution in [3.8, 4) is 5.75 Å². The lowest BCUT2D eigenvalue weighted by Crippen LogP contribution is -2.48. The summed E-state index contributed by atoms with van der Waals surface area (Å²) in [5.41, 5.74) is 1.12. The molecule has 0 aliphatic carbocycles. The molecule has 0 bridgehead atoms. The lowest BCUT2D eigenvalue weighted by molar-refractivity contribution is -0.135. The molecule has 1 aliphatic heterocycles. The molecular weight excluding hydrogens is 472 g/mol. The number of halogens is 1. The molecule has 180 valence electrons. The zero-order valence-corrected chi connectivity index (χ0v) is 21.0. The third-order valence-corrected chi connectivity index (χ3v) is 7.46. The first-order chi connectivity index (χ1) is 16.5. The summed E-state index contributed by atoms with van der Waals surface area (Å²) >= 11 is 7.70. The fourth-order valence-electron chi connectivity index (χ4n) is 4.12. The number of rotatable bonds is 9. The van der Waals surface area contributed by atoms with Crippen molar-refractivity contribution in [2.24, 2.45) is 5.92 Å². The summed E-state index contributed by atoms with van der Waals surface area (Å²) in [5.74, 6) is 0.856. The normalized spacial score (nSPS) is 16.1. The van der Waals surface area contributed by atoms with Crippen molar-refractivity contribution in [2.45, 2.75) is 32.7 Å². The molecule has 3 heterocycles. The summed E-state index contributed by atoms with van der Waals surface area (Å²) in [6.45, 7) is 5.57. The Kier molecular flexibility index (Phi) is 7.95. The van der Waals surface area contributed by atoms with Crippen molar-refractivity contribution in [3.63, 3.8) is 0 Å². The van der Waals surface area contributed by atoms with E-state index in [9.17, 15) is 9.59 Å².